The third kappa shape index (κ3) is 1.12. The van der Waals surface area contributed by atoms with E-state index in [1.54, 1.807) is 11.1 Å². The summed E-state index contributed by atoms with van der Waals surface area (Å²) in [6, 6.07) is 8.87. The molecule has 0 unspecified atom stereocenters. The molecule has 0 bridgehead atoms. The molecule has 0 saturated heterocycles. The second-order valence-corrected chi connectivity index (χ2v) is 4.94. The molecule has 1 aromatic carbocycles. The molecule has 14 heavy (non-hydrogen) atoms. The molecule has 0 aliphatic heterocycles. The molecule has 0 amide bonds. The second kappa shape index (κ2) is 2.83. The first-order chi connectivity index (χ1) is 6.84. The Morgan fingerprint density at radius 2 is 1.71 bits per heavy atom. The summed E-state index contributed by atoms with van der Waals surface area (Å²) in [6.45, 7) is 0.894. The van der Waals surface area contributed by atoms with Crippen LogP contribution in [0, 0.1) is 11.3 Å². The van der Waals surface area contributed by atoms with Gasteiger partial charge >= 0.3 is 0 Å². The van der Waals surface area contributed by atoms with E-state index in [0.29, 0.717) is 5.41 Å². The SMILES string of the molecule is NCC1(C2Cc3ccccc3C2)CC1. The van der Waals surface area contributed by atoms with Gasteiger partial charge in [0.15, 0.2) is 0 Å². The van der Waals surface area contributed by atoms with Crippen LogP contribution in [0.5, 0.6) is 0 Å². The maximum atomic E-state index is 5.88. The molecule has 1 fully saturated rings. The number of rotatable bonds is 2. The van der Waals surface area contributed by atoms with Crippen molar-refractivity contribution in [3.63, 3.8) is 0 Å². The third-order valence-electron chi connectivity index (χ3n) is 4.22. The highest BCUT2D eigenvalue weighted by atomic mass is 14.7. The minimum absolute atomic E-state index is 0.527. The fourth-order valence-corrected chi connectivity index (χ4v) is 2.93. The van der Waals surface area contributed by atoms with E-state index in [0.717, 1.165) is 12.5 Å². The zero-order valence-corrected chi connectivity index (χ0v) is 8.50. The van der Waals surface area contributed by atoms with Crippen LogP contribution in [0.25, 0.3) is 0 Å². The van der Waals surface area contributed by atoms with Gasteiger partial charge in [-0.2, -0.15) is 0 Å². The highest BCUT2D eigenvalue weighted by molar-refractivity contribution is 5.33. The Bertz CT molecular complexity index is 327. The first kappa shape index (κ1) is 8.49. The molecule has 2 N–H and O–H groups in total. The van der Waals surface area contributed by atoms with Gasteiger partial charge in [0.1, 0.15) is 0 Å². The maximum Gasteiger partial charge on any atom is -0.00176 e. The normalized spacial score (nSPS) is 23.5. The summed E-state index contributed by atoms with van der Waals surface area (Å²) >= 11 is 0. The third-order valence-corrected chi connectivity index (χ3v) is 4.22. The maximum absolute atomic E-state index is 5.88. The predicted molar refractivity (Wildman–Crippen MR) is 58.1 cm³/mol. The van der Waals surface area contributed by atoms with Crippen molar-refractivity contribution < 1.29 is 0 Å². The smallest absolute Gasteiger partial charge is 0.00176 e. The molecule has 0 heterocycles. The van der Waals surface area contributed by atoms with E-state index < -0.39 is 0 Å². The lowest BCUT2D eigenvalue weighted by molar-refractivity contribution is 0.328. The molecule has 3 rings (SSSR count). The average molecular weight is 187 g/mol. The molecule has 0 aromatic heterocycles. The zero-order chi connectivity index (χ0) is 9.60. The lowest BCUT2D eigenvalue weighted by Crippen LogP contribution is -2.25. The van der Waals surface area contributed by atoms with Gasteiger partial charge in [0.05, 0.1) is 0 Å². The molecule has 74 valence electrons. The summed E-state index contributed by atoms with van der Waals surface area (Å²) in [5.74, 6) is 0.838. The predicted octanol–water partition coefficient (Wildman–Crippen LogP) is 2.14. The van der Waals surface area contributed by atoms with E-state index >= 15 is 0 Å². The molecule has 0 atom stereocenters. The minimum Gasteiger partial charge on any atom is -0.330 e. The Morgan fingerprint density at radius 3 is 2.14 bits per heavy atom. The van der Waals surface area contributed by atoms with Gasteiger partial charge in [-0.15, -0.1) is 0 Å². The lowest BCUT2D eigenvalue weighted by atomic mass is 9.87. The average Bonchev–Trinajstić information content (AvgIpc) is 2.91. The summed E-state index contributed by atoms with van der Waals surface area (Å²) in [5.41, 5.74) is 9.54. The van der Waals surface area contributed by atoms with Crippen LogP contribution >= 0.6 is 0 Å². The number of hydrogen-bond acceptors (Lipinski definition) is 1. The molecule has 1 saturated carbocycles. The van der Waals surface area contributed by atoms with Crippen LogP contribution in [0.1, 0.15) is 24.0 Å². The summed E-state index contributed by atoms with van der Waals surface area (Å²) in [7, 11) is 0. The standard InChI is InChI=1S/C13H17N/c14-9-13(5-6-13)12-7-10-3-1-2-4-11(10)8-12/h1-4,12H,5-9,14H2. The Kier molecular flexibility index (Phi) is 1.72. The van der Waals surface area contributed by atoms with E-state index in [2.05, 4.69) is 24.3 Å². The molecule has 1 aromatic rings. The summed E-state index contributed by atoms with van der Waals surface area (Å²) in [4.78, 5) is 0. The summed E-state index contributed by atoms with van der Waals surface area (Å²) in [5, 5.41) is 0. The fourth-order valence-electron chi connectivity index (χ4n) is 2.93. The van der Waals surface area contributed by atoms with Crippen molar-refractivity contribution >= 4 is 0 Å². The molecule has 2 aliphatic rings. The van der Waals surface area contributed by atoms with E-state index in [-0.39, 0.29) is 0 Å². The largest absolute Gasteiger partial charge is 0.330 e. The highest BCUT2D eigenvalue weighted by Crippen LogP contribution is 2.55. The van der Waals surface area contributed by atoms with Gasteiger partial charge in [0, 0.05) is 0 Å². The van der Waals surface area contributed by atoms with Crippen LogP contribution in [-0.4, -0.2) is 6.54 Å². The zero-order valence-electron chi connectivity index (χ0n) is 8.50. The van der Waals surface area contributed by atoms with Gasteiger partial charge < -0.3 is 5.73 Å². The van der Waals surface area contributed by atoms with Crippen molar-refractivity contribution in [1.82, 2.24) is 0 Å². The van der Waals surface area contributed by atoms with Gasteiger partial charge in [-0.3, -0.25) is 0 Å². The molecular formula is C13H17N. The van der Waals surface area contributed by atoms with Crippen LogP contribution in [0.3, 0.4) is 0 Å². The number of fused-ring (bicyclic) bond motifs is 1. The molecule has 0 spiro atoms. The molecule has 1 heteroatoms. The lowest BCUT2D eigenvalue weighted by Gasteiger charge is -2.20. The molecule has 1 nitrogen and oxygen atoms in total. The van der Waals surface area contributed by atoms with E-state index in [1.165, 1.54) is 25.7 Å². The van der Waals surface area contributed by atoms with Gasteiger partial charge in [-0.05, 0) is 54.7 Å². The monoisotopic (exact) mass is 187 g/mol. The van der Waals surface area contributed by atoms with E-state index in [9.17, 15) is 0 Å². The van der Waals surface area contributed by atoms with Crippen LogP contribution in [0.2, 0.25) is 0 Å². The van der Waals surface area contributed by atoms with Gasteiger partial charge in [-0.1, -0.05) is 24.3 Å². The van der Waals surface area contributed by atoms with Crippen molar-refractivity contribution in [3.8, 4) is 0 Å². The van der Waals surface area contributed by atoms with Crippen molar-refractivity contribution in [2.75, 3.05) is 6.54 Å². The molecular weight excluding hydrogens is 170 g/mol. The van der Waals surface area contributed by atoms with Gasteiger partial charge in [0.2, 0.25) is 0 Å². The minimum atomic E-state index is 0.527. The Hall–Kier alpha value is -0.820. The topological polar surface area (TPSA) is 26.0 Å². The Balaban J connectivity index is 1.85. The van der Waals surface area contributed by atoms with E-state index in [4.69, 9.17) is 5.73 Å². The second-order valence-electron chi connectivity index (χ2n) is 4.94. The number of hydrogen-bond donors (Lipinski definition) is 1. The van der Waals surface area contributed by atoms with Crippen molar-refractivity contribution in [2.24, 2.45) is 17.1 Å². The number of nitrogens with two attached hydrogens (primary N) is 1. The fraction of sp³-hybridized carbons (Fsp3) is 0.538. The van der Waals surface area contributed by atoms with Gasteiger partial charge in [0.25, 0.3) is 0 Å². The summed E-state index contributed by atoms with van der Waals surface area (Å²) in [6.07, 6.45) is 5.27. The molecule has 2 aliphatic carbocycles. The first-order valence-electron chi connectivity index (χ1n) is 5.61. The first-order valence-corrected chi connectivity index (χ1v) is 5.61. The van der Waals surface area contributed by atoms with Crippen LogP contribution in [-0.2, 0) is 12.8 Å². The van der Waals surface area contributed by atoms with Crippen LogP contribution in [0.4, 0.5) is 0 Å². The van der Waals surface area contributed by atoms with Crippen molar-refractivity contribution in [1.29, 1.82) is 0 Å². The van der Waals surface area contributed by atoms with Gasteiger partial charge in [-0.25, -0.2) is 0 Å². The van der Waals surface area contributed by atoms with E-state index in [1.807, 2.05) is 0 Å². The number of benzene rings is 1. The van der Waals surface area contributed by atoms with Crippen LogP contribution < -0.4 is 5.73 Å². The molecule has 0 radical (unpaired) electrons. The van der Waals surface area contributed by atoms with Crippen molar-refractivity contribution in [2.45, 2.75) is 25.7 Å². The van der Waals surface area contributed by atoms with Crippen LogP contribution in [0.15, 0.2) is 24.3 Å². The summed E-state index contributed by atoms with van der Waals surface area (Å²) < 4.78 is 0. The Labute approximate surface area is 85.3 Å². The quantitative estimate of drug-likeness (QED) is 0.754. The highest BCUT2D eigenvalue weighted by Gasteiger charge is 2.49. The van der Waals surface area contributed by atoms with Crippen molar-refractivity contribution in [3.05, 3.63) is 35.4 Å². The Morgan fingerprint density at radius 1 is 1.14 bits per heavy atom.